The molecule has 0 heterocycles. The largest absolute Gasteiger partial charge is 0.417 e. The Morgan fingerprint density at radius 3 is 2.62 bits per heavy atom. The second-order valence-electron chi connectivity index (χ2n) is 7.51. The molecule has 0 radical (unpaired) electrons. The Kier molecular flexibility index (Phi) is 7.19. The summed E-state index contributed by atoms with van der Waals surface area (Å²) in [6.45, 7) is 12.0. The van der Waals surface area contributed by atoms with Crippen LogP contribution >= 0.6 is 0 Å². The normalized spacial score (nSPS) is 17.7. The molecule has 1 atom stereocenters. The van der Waals surface area contributed by atoms with Crippen LogP contribution in [-0.4, -0.2) is 26.1 Å². The summed E-state index contributed by atoms with van der Waals surface area (Å²) in [6, 6.07) is 0. The van der Waals surface area contributed by atoms with Crippen LogP contribution in [0.25, 0.3) is 0 Å². The van der Waals surface area contributed by atoms with Crippen LogP contribution in [0.3, 0.4) is 0 Å². The number of allylic oxidation sites excluding steroid dienone is 2. The number of aliphatic hydroxyl groups excluding tert-OH is 1. The molecule has 0 amide bonds. The van der Waals surface area contributed by atoms with E-state index in [1.807, 2.05) is 0 Å². The molecule has 0 aliphatic heterocycles. The summed E-state index contributed by atoms with van der Waals surface area (Å²) < 4.78 is 6.11. The van der Waals surface area contributed by atoms with Crippen molar-refractivity contribution in [1.29, 1.82) is 0 Å². The molecule has 1 rings (SSSR count). The van der Waals surface area contributed by atoms with Crippen molar-refractivity contribution in [3.05, 3.63) is 11.6 Å². The molecule has 0 aromatic rings. The smallest absolute Gasteiger partial charge is 0.191 e. The average Bonchev–Trinajstić information content (AvgIpc) is 2.41. The van der Waals surface area contributed by atoms with Gasteiger partial charge in [-0.1, -0.05) is 38.7 Å². The van der Waals surface area contributed by atoms with Gasteiger partial charge in [-0.15, -0.1) is 0 Å². The van der Waals surface area contributed by atoms with Crippen molar-refractivity contribution in [2.24, 2.45) is 0 Å². The maximum atomic E-state index is 9.92. The first-order valence-corrected chi connectivity index (χ1v) is 11.2. The van der Waals surface area contributed by atoms with Crippen LogP contribution in [0.1, 0.15) is 59.3 Å². The zero-order chi connectivity index (χ0) is 15.9. The van der Waals surface area contributed by atoms with Crippen molar-refractivity contribution >= 4 is 8.32 Å². The maximum absolute atomic E-state index is 9.92. The number of rotatable bonds is 5. The summed E-state index contributed by atoms with van der Waals surface area (Å²) in [5.41, 5.74) is 1.21. The molecule has 0 aromatic carbocycles. The highest BCUT2D eigenvalue weighted by molar-refractivity contribution is 6.74. The highest BCUT2D eigenvalue weighted by Crippen LogP contribution is 2.36. The second-order valence-corrected chi connectivity index (χ2v) is 12.3. The van der Waals surface area contributed by atoms with Crippen LogP contribution in [0, 0.1) is 11.8 Å². The van der Waals surface area contributed by atoms with Crippen molar-refractivity contribution < 1.29 is 9.53 Å². The predicted molar refractivity (Wildman–Crippen MR) is 92.7 cm³/mol. The zero-order valence-corrected chi connectivity index (χ0v) is 15.5. The quantitative estimate of drug-likeness (QED) is 0.455. The second kappa shape index (κ2) is 8.17. The molecule has 0 bridgehead atoms. The van der Waals surface area contributed by atoms with Crippen LogP contribution in [0.4, 0.5) is 0 Å². The van der Waals surface area contributed by atoms with E-state index in [1.54, 1.807) is 0 Å². The summed E-state index contributed by atoms with van der Waals surface area (Å²) in [5, 5.41) is 10.2. The number of hydrogen-bond donors (Lipinski definition) is 1. The summed E-state index contributed by atoms with van der Waals surface area (Å²) >= 11 is 0. The lowest BCUT2D eigenvalue weighted by atomic mass is 10.00. The Morgan fingerprint density at radius 2 is 2.05 bits per heavy atom. The van der Waals surface area contributed by atoms with Gasteiger partial charge in [0.15, 0.2) is 8.32 Å². The molecular weight excluding hydrogens is 276 g/mol. The van der Waals surface area contributed by atoms with E-state index in [0.717, 1.165) is 25.9 Å². The highest BCUT2D eigenvalue weighted by atomic mass is 28.4. The van der Waals surface area contributed by atoms with Gasteiger partial charge in [-0.3, -0.25) is 0 Å². The molecule has 120 valence electrons. The van der Waals surface area contributed by atoms with Gasteiger partial charge in [-0.05, 0) is 62.2 Å². The number of hydrogen-bond acceptors (Lipinski definition) is 2. The zero-order valence-electron chi connectivity index (χ0n) is 14.5. The minimum Gasteiger partial charge on any atom is -0.417 e. The molecule has 3 heteroatoms. The summed E-state index contributed by atoms with van der Waals surface area (Å²) in [6.07, 6.45) is 8.00. The molecule has 1 unspecified atom stereocenters. The molecule has 1 N–H and O–H groups in total. The van der Waals surface area contributed by atoms with E-state index >= 15 is 0 Å². The molecule has 0 spiro atoms. The molecule has 1 aliphatic carbocycles. The topological polar surface area (TPSA) is 29.5 Å². The van der Waals surface area contributed by atoms with Gasteiger partial charge in [0.25, 0.3) is 0 Å². The first-order valence-electron chi connectivity index (χ1n) is 8.25. The van der Waals surface area contributed by atoms with Crippen molar-refractivity contribution in [1.82, 2.24) is 0 Å². The van der Waals surface area contributed by atoms with E-state index < -0.39 is 14.4 Å². The minimum absolute atomic E-state index is 0.249. The van der Waals surface area contributed by atoms with Crippen LogP contribution in [0.2, 0.25) is 18.1 Å². The Balaban J connectivity index is 2.27. The monoisotopic (exact) mass is 308 g/mol. The average molecular weight is 309 g/mol. The lowest BCUT2D eigenvalue weighted by Gasteiger charge is -2.36. The fourth-order valence-electron chi connectivity index (χ4n) is 2.02. The fraction of sp³-hybridized carbons (Fsp3) is 0.778. The molecule has 21 heavy (non-hydrogen) atoms. The molecule has 1 aliphatic rings. The molecule has 0 saturated carbocycles. The molecule has 0 aromatic heterocycles. The van der Waals surface area contributed by atoms with Gasteiger partial charge in [0, 0.05) is 6.61 Å². The molecule has 2 nitrogen and oxygen atoms in total. The van der Waals surface area contributed by atoms with E-state index in [9.17, 15) is 5.11 Å². The Labute approximate surface area is 132 Å². The summed E-state index contributed by atoms with van der Waals surface area (Å²) in [5.74, 6) is 6.10. The van der Waals surface area contributed by atoms with E-state index in [0.29, 0.717) is 6.42 Å². The molecule has 0 fully saturated rings. The first-order chi connectivity index (χ1) is 9.72. The van der Waals surface area contributed by atoms with Crippen molar-refractivity contribution in [3.63, 3.8) is 0 Å². The fourth-order valence-corrected chi connectivity index (χ4v) is 3.11. The van der Waals surface area contributed by atoms with Gasteiger partial charge in [0.2, 0.25) is 0 Å². The van der Waals surface area contributed by atoms with E-state index in [4.69, 9.17) is 4.43 Å². The predicted octanol–water partition coefficient (Wildman–Crippen LogP) is 4.65. The lowest BCUT2D eigenvalue weighted by molar-refractivity contribution is 0.198. The Morgan fingerprint density at radius 1 is 1.33 bits per heavy atom. The first kappa shape index (κ1) is 18.5. The third kappa shape index (κ3) is 6.82. The van der Waals surface area contributed by atoms with Gasteiger partial charge >= 0.3 is 0 Å². The van der Waals surface area contributed by atoms with Crippen LogP contribution < -0.4 is 0 Å². The highest BCUT2D eigenvalue weighted by Gasteiger charge is 2.36. The Hall–Kier alpha value is -0.563. The SMILES string of the molecule is CC(C)(C)[Si](C)(C)OCCCC(O)C#CC1=CCCCC1. The Bertz CT molecular complexity index is 407. The molecular formula is C18H32O2Si. The molecule has 0 saturated heterocycles. The number of aliphatic hydroxyl groups is 1. The van der Waals surface area contributed by atoms with Gasteiger partial charge in [0.05, 0.1) is 0 Å². The van der Waals surface area contributed by atoms with Crippen LogP contribution in [-0.2, 0) is 4.43 Å². The van der Waals surface area contributed by atoms with E-state index in [-0.39, 0.29) is 5.04 Å². The van der Waals surface area contributed by atoms with Crippen LogP contribution in [0.5, 0.6) is 0 Å². The van der Waals surface area contributed by atoms with Crippen molar-refractivity contribution in [3.8, 4) is 11.8 Å². The van der Waals surface area contributed by atoms with Gasteiger partial charge < -0.3 is 9.53 Å². The van der Waals surface area contributed by atoms with Gasteiger partial charge in [-0.2, -0.15) is 0 Å². The minimum atomic E-state index is -1.65. The lowest BCUT2D eigenvalue weighted by Crippen LogP contribution is -2.41. The van der Waals surface area contributed by atoms with Gasteiger partial charge in [-0.25, -0.2) is 0 Å². The van der Waals surface area contributed by atoms with Crippen LogP contribution in [0.15, 0.2) is 11.6 Å². The summed E-state index contributed by atoms with van der Waals surface area (Å²) in [4.78, 5) is 0. The third-order valence-corrected chi connectivity index (χ3v) is 9.12. The van der Waals surface area contributed by atoms with Crippen molar-refractivity contribution in [2.45, 2.75) is 83.5 Å². The third-order valence-electron chi connectivity index (χ3n) is 4.58. The van der Waals surface area contributed by atoms with Gasteiger partial charge in [0.1, 0.15) is 6.10 Å². The summed E-state index contributed by atoms with van der Waals surface area (Å²) in [7, 11) is -1.65. The standard InChI is InChI=1S/C18H32O2Si/c1-18(2,3)21(4,5)20-15-9-12-17(19)14-13-16-10-7-6-8-11-16/h10,17,19H,6-9,11-12,15H2,1-5H3. The maximum Gasteiger partial charge on any atom is 0.191 e. The van der Waals surface area contributed by atoms with E-state index in [1.165, 1.54) is 18.4 Å². The van der Waals surface area contributed by atoms with Crippen molar-refractivity contribution in [2.75, 3.05) is 6.61 Å². The van der Waals surface area contributed by atoms with E-state index in [2.05, 4.69) is 51.8 Å².